The van der Waals surface area contributed by atoms with E-state index in [0.717, 1.165) is 34.6 Å². The Bertz CT molecular complexity index is 1310. The summed E-state index contributed by atoms with van der Waals surface area (Å²) in [5.74, 6) is -0.0361. The first-order valence-corrected chi connectivity index (χ1v) is 10.8. The number of para-hydroxylation sites is 1. The number of halogens is 3. The number of carbonyl (C=O) groups is 1. The number of carbonyl (C=O) groups excluding carboxylic acids is 1. The molecule has 0 bridgehead atoms. The van der Waals surface area contributed by atoms with Gasteiger partial charge < -0.3 is 14.5 Å². The minimum Gasteiger partial charge on any atom is -0.496 e. The molecular formula is C26H24F3N3O2. The number of alkyl halides is 3. The molecule has 0 fully saturated rings. The summed E-state index contributed by atoms with van der Waals surface area (Å²) in [7, 11) is 1.57. The molecule has 4 rings (SSSR count). The van der Waals surface area contributed by atoms with E-state index in [1.165, 1.54) is 6.07 Å². The third-order valence-corrected chi connectivity index (χ3v) is 5.70. The van der Waals surface area contributed by atoms with Gasteiger partial charge in [0.05, 0.1) is 18.4 Å². The lowest BCUT2D eigenvalue weighted by atomic mass is 9.91. The van der Waals surface area contributed by atoms with Gasteiger partial charge >= 0.3 is 6.18 Å². The van der Waals surface area contributed by atoms with Gasteiger partial charge in [0.25, 0.3) is 0 Å². The number of methoxy groups -OCH3 is 1. The highest BCUT2D eigenvalue weighted by Crippen LogP contribution is 2.35. The highest BCUT2D eigenvalue weighted by Gasteiger charge is 2.30. The Labute approximate surface area is 195 Å². The fraction of sp³-hybridized carbons (Fsp3) is 0.231. The molecule has 5 nitrogen and oxygen atoms in total. The summed E-state index contributed by atoms with van der Waals surface area (Å²) in [6.07, 6.45) is -0.709. The normalized spacial score (nSPS) is 12.5. The fourth-order valence-corrected chi connectivity index (χ4v) is 4.00. The smallest absolute Gasteiger partial charge is 0.416 e. The Morgan fingerprint density at radius 3 is 2.68 bits per heavy atom. The molecule has 1 N–H and O–H groups in total. The van der Waals surface area contributed by atoms with Crippen LogP contribution in [0, 0.1) is 6.92 Å². The summed E-state index contributed by atoms with van der Waals surface area (Å²) in [4.78, 5) is 17.5. The van der Waals surface area contributed by atoms with Crippen molar-refractivity contribution in [1.29, 1.82) is 0 Å². The van der Waals surface area contributed by atoms with E-state index in [-0.39, 0.29) is 24.8 Å². The van der Waals surface area contributed by atoms with Crippen LogP contribution in [-0.4, -0.2) is 22.4 Å². The molecule has 0 saturated heterocycles. The van der Waals surface area contributed by atoms with Crippen molar-refractivity contribution in [3.05, 3.63) is 101 Å². The summed E-state index contributed by atoms with van der Waals surface area (Å²) in [6, 6.07) is 16.3. The van der Waals surface area contributed by atoms with Crippen LogP contribution in [0.15, 0.2) is 73.1 Å². The van der Waals surface area contributed by atoms with Gasteiger partial charge in [-0.25, -0.2) is 4.98 Å². The number of rotatable bonds is 7. The maximum atomic E-state index is 13.0. The number of nitrogens with zero attached hydrogens (tertiary/aromatic N) is 2. The number of aromatic nitrogens is 2. The van der Waals surface area contributed by atoms with E-state index >= 15 is 0 Å². The summed E-state index contributed by atoms with van der Waals surface area (Å²) in [6.45, 7) is 1.97. The van der Waals surface area contributed by atoms with Gasteiger partial charge in [-0.3, -0.25) is 4.79 Å². The lowest BCUT2D eigenvalue weighted by Gasteiger charge is -2.20. The number of imidazole rings is 1. The zero-order chi connectivity index (χ0) is 24.3. The van der Waals surface area contributed by atoms with Gasteiger partial charge in [-0.2, -0.15) is 13.2 Å². The zero-order valence-corrected chi connectivity index (χ0v) is 18.8. The Morgan fingerprint density at radius 1 is 1.12 bits per heavy atom. The lowest BCUT2D eigenvalue weighted by molar-refractivity contribution is -0.137. The predicted octanol–water partition coefficient (Wildman–Crippen LogP) is 5.51. The van der Waals surface area contributed by atoms with Crippen LogP contribution in [-0.2, 0) is 17.5 Å². The van der Waals surface area contributed by atoms with Crippen LogP contribution in [0.2, 0.25) is 0 Å². The zero-order valence-electron chi connectivity index (χ0n) is 18.8. The lowest BCUT2D eigenvalue weighted by Crippen LogP contribution is -2.25. The van der Waals surface area contributed by atoms with Gasteiger partial charge in [0.2, 0.25) is 5.91 Å². The molecule has 0 radical (unpaired) electrons. The van der Waals surface area contributed by atoms with Crippen molar-refractivity contribution in [2.45, 2.75) is 32.0 Å². The third kappa shape index (κ3) is 5.06. The van der Waals surface area contributed by atoms with Crippen LogP contribution in [0.4, 0.5) is 13.2 Å². The second kappa shape index (κ2) is 9.59. The van der Waals surface area contributed by atoms with Crippen molar-refractivity contribution >= 4 is 11.6 Å². The topological polar surface area (TPSA) is 55.6 Å². The molecule has 2 heterocycles. The second-order valence-electron chi connectivity index (χ2n) is 8.09. The molecule has 2 aromatic carbocycles. The van der Waals surface area contributed by atoms with Gasteiger partial charge in [0, 0.05) is 36.8 Å². The van der Waals surface area contributed by atoms with Crippen molar-refractivity contribution in [3.8, 4) is 5.75 Å². The molecule has 2 aromatic heterocycles. The van der Waals surface area contributed by atoms with E-state index in [1.54, 1.807) is 19.4 Å². The number of pyridine rings is 1. The van der Waals surface area contributed by atoms with Crippen LogP contribution in [0.1, 0.15) is 40.3 Å². The molecule has 0 saturated carbocycles. The molecule has 1 unspecified atom stereocenters. The average molecular weight is 467 g/mol. The van der Waals surface area contributed by atoms with Crippen LogP contribution in [0.3, 0.4) is 0 Å². The molecule has 34 heavy (non-hydrogen) atoms. The average Bonchev–Trinajstić information content (AvgIpc) is 3.23. The number of benzene rings is 2. The molecule has 1 amide bonds. The molecule has 0 aliphatic heterocycles. The Hall–Kier alpha value is -3.81. The molecule has 4 aromatic rings. The second-order valence-corrected chi connectivity index (χ2v) is 8.09. The summed E-state index contributed by atoms with van der Waals surface area (Å²) in [5.41, 5.74) is 3.10. The highest BCUT2D eigenvalue weighted by atomic mass is 19.4. The molecule has 8 heteroatoms. The fourth-order valence-electron chi connectivity index (χ4n) is 4.00. The van der Waals surface area contributed by atoms with Gasteiger partial charge in [-0.1, -0.05) is 30.3 Å². The van der Waals surface area contributed by atoms with E-state index in [1.807, 2.05) is 53.9 Å². The van der Waals surface area contributed by atoms with Gasteiger partial charge in [0.15, 0.2) is 0 Å². The first-order valence-electron chi connectivity index (χ1n) is 10.8. The summed E-state index contributed by atoms with van der Waals surface area (Å²) >= 11 is 0. The number of hydrogen-bond donors (Lipinski definition) is 1. The Morgan fingerprint density at radius 2 is 1.91 bits per heavy atom. The maximum Gasteiger partial charge on any atom is 0.416 e. The number of hydrogen-bond acceptors (Lipinski definition) is 3. The van der Waals surface area contributed by atoms with Crippen molar-refractivity contribution < 1.29 is 22.7 Å². The first kappa shape index (κ1) is 23.4. The molecule has 0 aliphatic carbocycles. The van der Waals surface area contributed by atoms with Crippen LogP contribution in [0.5, 0.6) is 5.75 Å². The van der Waals surface area contributed by atoms with Crippen molar-refractivity contribution in [1.82, 2.24) is 14.7 Å². The Kier molecular flexibility index (Phi) is 6.58. The largest absolute Gasteiger partial charge is 0.496 e. The van der Waals surface area contributed by atoms with Crippen LogP contribution < -0.4 is 10.1 Å². The number of amides is 1. The van der Waals surface area contributed by atoms with E-state index in [4.69, 9.17) is 4.74 Å². The monoisotopic (exact) mass is 467 g/mol. The van der Waals surface area contributed by atoms with Crippen molar-refractivity contribution in [3.63, 3.8) is 0 Å². The standard InChI is InChI=1S/C26H24F3N3O2/c1-17-10-11-32-22(16-30-24(32)12-17)21(20-8-3-4-9-23(20)34-2)14-25(33)31-15-18-6-5-7-19(13-18)26(27,28)29/h3-13,16,21H,14-15H2,1-2H3,(H,31,33). The van der Waals surface area contributed by atoms with Crippen molar-refractivity contribution in [2.24, 2.45) is 0 Å². The van der Waals surface area contributed by atoms with E-state index in [2.05, 4.69) is 10.3 Å². The number of fused-ring (bicyclic) bond motifs is 1. The number of ether oxygens (including phenoxy) is 1. The van der Waals surface area contributed by atoms with E-state index in [0.29, 0.717) is 11.3 Å². The van der Waals surface area contributed by atoms with Gasteiger partial charge in [-0.05, 0) is 48.4 Å². The van der Waals surface area contributed by atoms with Crippen LogP contribution >= 0.6 is 0 Å². The molecular weight excluding hydrogens is 443 g/mol. The number of nitrogens with one attached hydrogen (secondary N) is 1. The van der Waals surface area contributed by atoms with E-state index in [9.17, 15) is 18.0 Å². The minimum atomic E-state index is -4.43. The molecule has 0 spiro atoms. The highest BCUT2D eigenvalue weighted by molar-refractivity contribution is 5.77. The molecule has 176 valence electrons. The quantitative estimate of drug-likeness (QED) is 0.390. The van der Waals surface area contributed by atoms with E-state index < -0.39 is 11.7 Å². The third-order valence-electron chi connectivity index (χ3n) is 5.70. The van der Waals surface area contributed by atoms with Crippen LogP contribution in [0.25, 0.3) is 5.65 Å². The number of aryl methyl sites for hydroxylation is 1. The summed E-state index contributed by atoms with van der Waals surface area (Å²) in [5, 5.41) is 2.76. The SMILES string of the molecule is COc1ccccc1C(CC(=O)NCc1cccc(C(F)(F)F)c1)c1cnc2cc(C)ccn12. The van der Waals surface area contributed by atoms with Gasteiger partial charge in [-0.15, -0.1) is 0 Å². The first-order chi connectivity index (χ1) is 16.3. The van der Waals surface area contributed by atoms with Crippen molar-refractivity contribution in [2.75, 3.05) is 7.11 Å². The maximum absolute atomic E-state index is 13.0. The molecule has 1 atom stereocenters. The molecule has 0 aliphatic rings. The Balaban J connectivity index is 1.61. The minimum absolute atomic E-state index is 0.00621. The van der Waals surface area contributed by atoms with Gasteiger partial charge in [0.1, 0.15) is 11.4 Å². The summed E-state index contributed by atoms with van der Waals surface area (Å²) < 4.78 is 46.5. The predicted molar refractivity (Wildman–Crippen MR) is 123 cm³/mol.